The number of benzene rings is 1. The molecule has 1 amide bonds. The molecule has 0 radical (unpaired) electrons. The minimum Gasteiger partial charge on any atom is -0.336 e. The molecule has 0 aliphatic carbocycles. The summed E-state index contributed by atoms with van der Waals surface area (Å²) in [4.78, 5) is 22.0. The number of halogens is 3. The Kier molecular flexibility index (Phi) is 5.34. The van der Waals surface area contributed by atoms with Crippen LogP contribution in [-0.4, -0.2) is 46.9 Å². The molecule has 2 heterocycles. The van der Waals surface area contributed by atoms with Gasteiger partial charge in [0.25, 0.3) is 5.91 Å². The van der Waals surface area contributed by atoms with Gasteiger partial charge in [0, 0.05) is 31.1 Å². The van der Waals surface area contributed by atoms with Crippen molar-refractivity contribution in [1.82, 2.24) is 14.8 Å². The van der Waals surface area contributed by atoms with Crippen molar-refractivity contribution in [1.29, 1.82) is 0 Å². The summed E-state index contributed by atoms with van der Waals surface area (Å²) in [5.41, 5.74) is -0.122. The van der Waals surface area contributed by atoms with E-state index in [2.05, 4.69) is 9.88 Å². The Hall–Kier alpha value is -1.93. The van der Waals surface area contributed by atoms with Crippen LogP contribution in [0.15, 0.2) is 24.3 Å². The van der Waals surface area contributed by atoms with Crippen molar-refractivity contribution in [2.45, 2.75) is 26.6 Å². The summed E-state index contributed by atoms with van der Waals surface area (Å²) in [6.07, 6.45) is -4.53. The first kappa shape index (κ1) is 18.8. The van der Waals surface area contributed by atoms with E-state index in [0.29, 0.717) is 32.7 Å². The summed E-state index contributed by atoms with van der Waals surface area (Å²) >= 11 is 1.66. The van der Waals surface area contributed by atoms with E-state index in [1.54, 1.807) is 11.3 Å². The molecule has 0 unspecified atom stereocenters. The van der Waals surface area contributed by atoms with Crippen LogP contribution in [0.4, 0.5) is 13.2 Å². The second-order valence-electron chi connectivity index (χ2n) is 6.36. The molecule has 3 rings (SSSR count). The molecule has 0 atom stereocenters. The number of amides is 1. The van der Waals surface area contributed by atoms with Gasteiger partial charge < -0.3 is 4.90 Å². The predicted molar refractivity (Wildman–Crippen MR) is 94.2 cm³/mol. The Balaban J connectivity index is 1.64. The largest absolute Gasteiger partial charge is 0.417 e. The lowest BCUT2D eigenvalue weighted by Crippen LogP contribution is -2.48. The van der Waals surface area contributed by atoms with Crippen LogP contribution < -0.4 is 0 Å². The Bertz CT molecular complexity index is 776. The maximum Gasteiger partial charge on any atom is 0.417 e. The Labute approximate surface area is 154 Å². The Morgan fingerprint density at radius 3 is 2.38 bits per heavy atom. The molecular weight excluding hydrogens is 363 g/mol. The molecule has 1 aliphatic rings. The van der Waals surface area contributed by atoms with Crippen LogP contribution in [0.1, 0.15) is 31.5 Å². The van der Waals surface area contributed by atoms with Gasteiger partial charge in [-0.25, -0.2) is 4.98 Å². The van der Waals surface area contributed by atoms with Crippen LogP contribution in [0.2, 0.25) is 0 Å². The number of alkyl halides is 3. The molecule has 1 aliphatic heterocycles. The predicted octanol–water partition coefficient (Wildman–Crippen LogP) is 3.74. The molecule has 0 saturated carbocycles. The summed E-state index contributed by atoms with van der Waals surface area (Å²) in [5.74, 6) is -0.557. The second-order valence-corrected chi connectivity index (χ2v) is 7.65. The van der Waals surface area contributed by atoms with E-state index in [-0.39, 0.29) is 5.56 Å². The van der Waals surface area contributed by atoms with Gasteiger partial charge in [0.05, 0.1) is 23.4 Å². The third-order valence-corrected chi connectivity index (χ3v) is 5.61. The number of piperazine rings is 1. The maximum absolute atomic E-state index is 13.1. The van der Waals surface area contributed by atoms with E-state index in [9.17, 15) is 18.0 Å². The fourth-order valence-electron chi connectivity index (χ4n) is 2.99. The van der Waals surface area contributed by atoms with Gasteiger partial charge >= 0.3 is 6.18 Å². The lowest BCUT2D eigenvalue weighted by atomic mass is 10.1. The quantitative estimate of drug-likeness (QED) is 0.810. The molecular formula is C18H20F3N3OS. The van der Waals surface area contributed by atoms with E-state index in [4.69, 9.17) is 0 Å². The number of aryl methyl sites for hydroxylation is 2. The smallest absolute Gasteiger partial charge is 0.336 e. The molecule has 140 valence electrons. The van der Waals surface area contributed by atoms with E-state index in [0.717, 1.165) is 16.8 Å². The zero-order chi connectivity index (χ0) is 18.9. The molecule has 8 heteroatoms. The molecule has 0 bridgehead atoms. The number of nitrogens with zero attached hydrogens (tertiary/aromatic N) is 3. The first-order valence-electron chi connectivity index (χ1n) is 8.36. The highest BCUT2D eigenvalue weighted by Crippen LogP contribution is 2.32. The topological polar surface area (TPSA) is 36.4 Å². The van der Waals surface area contributed by atoms with Gasteiger partial charge in [-0.15, -0.1) is 11.3 Å². The highest BCUT2D eigenvalue weighted by molar-refractivity contribution is 7.11. The molecule has 1 aromatic carbocycles. The molecule has 2 aromatic rings. The number of hydrogen-bond donors (Lipinski definition) is 0. The number of rotatable bonds is 3. The van der Waals surface area contributed by atoms with Gasteiger partial charge in [-0.2, -0.15) is 13.2 Å². The van der Waals surface area contributed by atoms with Crippen LogP contribution in [0, 0.1) is 13.8 Å². The molecule has 0 spiro atoms. The van der Waals surface area contributed by atoms with Gasteiger partial charge in [0.1, 0.15) is 5.01 Å². The summed E-state index contributed by atoms with van der Waals surface area (Å²) in [5, 5.41) is 1.03. The zero-order valence-corrected chi connectivity index (χ0v) is 15.5. The molecule has 1 aromatic heterocycles. The SMILES string of the molecule is Cc1nc(CN2CCN(C(=O)c3ccccc3C(F)(F)F)CC2)sc1C. The molecule has 1 fully saturated rings. The van der Waals surface area contributed by atoms with Crippen molar-refractivity contribution in [3.63, 3.8) is 0 Å². The van der Waals surface area contributed by atoms with E-state index >= 15 is 0 Å². The molecule has 1 saturated heterocycles. The van der Waals surface area contributed by atoms with Crippen LogP contribution in [0.25, 0.3) is 0 Å². The first-order valence-corrected chi connectivity index (χ1v) is 9.18. The number of aromatic nitrogens is 1. The Morgan fingerprint density at radius 2 is 1.81 bits per heavy atom. The summed E-state index contributed by atoms with van der Waals surface area (Å²) in [7, 11) is 0. The highest BCUT2D eigenvalue weighted by atomic mass is 32.1. The monoisotopic (exact) mass is 383 g/mol. The second kappa shape index (κ2) is 7.36. The highest BCUT2D eigenvalue weighted by Gasteiger charge is 2.36. The van der Waals surface area contributed by atoms with Crippen molar-refractivity contribution in [2.75, 3.05) is 26.2 Å². The third kappa shape index (κ3) is 4.07. The van der Waals surface area contributed by atoms with Crippen LogP contribution in [0.5, 0.6) is 0 Å². The Morgan fingerprint density at radius 1 is 1.15 bits per heavy atom. The minimum absolute atomic E-state index is 0.278. The van der Waals surface area contributed by atoms with Crippen molar-refractivity contribution < 1.29 is 18.0 Å². The van der Waals surface area contributed by atoms with Gasteiger partial charge in [0.2, 0.25) is 0 Å². The lowest BCUT2D eigenvalue weighted by molar-refractivity contribution is -0.138. The molecule has 26 heavy (non-hydrogen) atoms. The first-order chi connectivity index (χ1) is 12.3. The minimum atomic E-state index is -4.53. The lowest BCUT2D eigenvalue weighted by Gasteiger charge is -2.34. The average molecular weight is 383 g/mol. The number of thiazole rings is 1. The van der Waals surface area contributed by atoms with Gasteiger partial charge in [-0.3, -0.25) is 9.69 Å². The fourth-order valence-corrected chi connectivity index (χ4v) is 3.97. The average Bonchev–Trinajstić information content (AvgIpc) is 2.91. The number of hydrogen-bond acceptors (Lipinski definition) is 4. The van der Waals surface area contributed by atoms with Crippen LogP contribution in [-0.2, 0) is 12.7 Å². The van der Waals surface area contributed by atoms with Gasteiger partial charge in [-0.05, 0) is 26.0 Å². The zero-order valence-electron chi connectivity index (χ0n) is 14.6. The third-order valence-electron chi connectivity index (χ3n) is 4.55. The standard InChI is InChI=1S/C18H20F3N3OS/c1-12-13(2)26-16(22-12)11-23-7-9-24(10-8-23)17(25)14-5-3-4-6-15(14)18(19,20)21/h3-6H,7-11H2,1-2H3. The van der Waals surface area contributed by atoms with Crippen molar-refractivity contribution in [3.05, 3.63) is 51.0 Å². The van der Waals surface area contributed by atoms with E-state index < -0.39 is 17.6 Å². The fraction of sp³-hybridized carbons (Fsp3) is 0.444. The maximum atomic E-state index is 13.1. The van der Waals surface area contributed by atoms with Gasteiger partial charge in [-0.1, -0.05) is 12.1 Å². The molecule has 0 N–H and O–H groups in total. The summed E-state index contributed by atoms with van der Waals surface area (Å²) in [6.45, 7) is 6.79. The van der Waals surface area contributed by atoms with Crippen LogP contribution in [0.3, 0.4) is 0 Å². The van der Waals surface area contributed by atoms with Gasteiger partial charge in [0.15, 0.2) is 0 Å². The summed E-state index contributed by atoms with van der Waals surface area (Å²) < 4.78 is 39.4. The van der Waals surface area contributed by atoms with E-state index in [1.807, 2.05) is 13.8 Å². The number of carbonyl (C=O) groups excluding carboxylic acids is 1. The normalized spacial score (nSPS) is 16.1. The van der Waals surface area contributed by atoms with E-state index in [1.165, 1.54) is 28.0 Å². The van der Waals surface area contributed by atoms with Crippen LogP contribution >= 0.6 is 11.3 Å². The number of carbonyl (C=O) groups is 1. The van der Waals surface area contributed by atoms with Crippen molar-refractivity contribution in [3.8, 4) is 0 Å². The summed E-state index contributed by atoms with van der Waals surface area (Å²) in [6, 6.07) is 4.97. The van der Waals surface area contributed by atoms with Crippen molar-refractivity contribution >= 4 is 17.2 Å². The molecule has 4 nitrogen and oxygen atoms in total. The van der Waals surface area contributed by atoms with Crippen molar-refractivity contribution in [2.24, 2.45) is 0 Å².